The van der Waals surface area contributed by atoms with Gasteiger partial charge in [0.15, 0.2) is 5.69 Å². The highest BCUT2D eigenvalue weighted by Crippen LogP contribution is 2.35. The maximum Gasteiger partial charge on any atom is 0.435 e. The molecule has 1 fully saturated rings. The van der Waals surface area contributed by atoms with Crippen molar-refractivity contribution in [2.45, 2.75) is 38.4 Å². The number of piperidine rings is 1. The molecule has 1 saturated heterocycles. The number of amides is 1. The number of halogens is 4. The summed E-state index contributed by atoms with van der Waals surface area (Å²) < 4.78 is 46.6. The van der Waals surface area contributed by atoms with Crippen molar-refractivity contribution in [1.82, 2.24) is 14.7 Å². The molecule has 1 aliphatic heterocycles. The van der Waals surface area contributed by atoms with Crippen molar-refractivity contribution in [1.29, 1.82) is 0 Å². The predicted octanol–water partition coefficient (Wildman–Crippen LogP) is 5.77. The van der Waals surface area contributed by atoms with Gasteiger partial charge in [0.05, 0.1) is 23.0 Å². The normalized spacial score (nSPS) is 16.3. The average Bonchev–Trinajstić information content (AvgIpc) is 3.30. The van der Waals surface area contributed by atoms with Crippen molar-refractivity contribution in [2.75, 3.05) is 13.2 Å². The molecule has 35 heavy (non-hydrogen) atoms. The van der Waals surface area contributed by atoms with Gasteiger partial charge in [-0.15, -0.1) is 0 Å². The largest absolute Gasteiger partial charge is 0.464 e. The van der Waals surface area contributed by atoms with Crippen molar-refractivity contribution in [3.05, 3.63) is 70.9 Å². The van der Waals surface area contributed by atoms with Gasteiger partial charge in [-0.1, -0.05) is 35.9 Å². The van der Waals surface area contributed by atoms with Gasteiger partial charge in [-0.25, -0.2) is 9.48 Å². The van der Waals surface area contributed by atoms with Crippen LogP contribution in [0.15, 0.2) is 54.6 Å². The molecule has 2 aromatic carbocycles. The fraction of sp³-hybridized carbons (Fsp3) is 0.320. The van der Waals surface area contributed by atoms with Crippen molar-refractivity contribution in [3.63, 3.8) is 0 Å². The van der Waals surface area contributed by atoms with Crippen LogP contribution in [-0.2, 0) is 15.7 Å². The summed E-state index contributed by atoms with van der Waals surface area (Å²) in [5, 5.41) is 3.99. The summed E-state index contributed by atoms with van der Waals surface area (Å²) in [5.74, 6) is -0.759. The Kier molecular flexibility index (Phi) is 7.16. The number of carbonyl (C=O) groups is 2. The third-order valence-electron chi connectivity index (χ3n) is 5.83. The molecule has 3 aromatic rings. The molecule has 0 spiro atoms. The Balaban J connectivity index is 1.67. The van der Waals surface area contributed by atoms with E-state index in [-0.39, 0.29) is 23.2 Å². The van der Waals surface area contributed by atoms with E-state index >= 15 is 0 Å². The second-order valence-corrected chi connectivity index (χ2v) is 8.52. The molecular weight excluding hydrogens is 483 g/mol. The van der Waals surface area contributed by atoms with Crippen LogP contribution in [-0.4, -0.2) is 45.8 Å². The molecule has 1 atom stereocenters. The molecule has 0 bridgehead atoms. The van der Waals surface area contributed by atoms with Crippen LogP contribution < -0.4 is 0 Å². The number of esters is 1. The van der Waals surface area contributed by atoms with Gasteiger partial charge in [0.1, 0.15) is 6.04 Å². The van der Waals surface area contributed by atoms with E-state index in [9.17, 15) is 22.8 Å². The van der Waals surface area contributed by atoms with Gasteiger partial charge in [-0.3, -0.25) is 4.79 Å². The zero-order valence-corrected chi connectivity index (χ0v) is 19.6. The number of carbonyl (C=O) groups excluding carboxylic acids is 2. The number of rotatable bonds is 5. The van der Waals surface area contributed by atoms with Crippen molar-refractivity contribution < 1.29 is 27.5 Å². The Hall–Kier alpha value is -3.33. The van der Waals surface area contributed by atoms with Gasteiger partial charge in [-0.2, -0.15) is 18.3 Å². The Morgan fingerprint density at radius 3 is 2.49 bits per heavy atom. The van der Waals surface area contributed by atoms with Gasteiger partial charge >= 0.3 is 12.1 Å². The number of nitrogens with zero attached hydrogens (tertiary/aromatic N) is 3. The lowest BCUT2D eigenvalue weighted by atomic mass is 10.00. The Bertz CT molecular complexity index is 1220. The standard InChI is InChI=1S/C25H23ClF3N3O3/c1-2-35-24(34)20-9-5-6-14-31(20)23(33)17-12-10-16(11-13-17)21-15-22(25(27,28)29)30-32(21)19-8-4-3-7-18(19)26/h3-4,7-8,10-13,15,20H,2,5-6,9,14H2,1H3. The minimum atomic E-state index is -4.65. The lowest BCUT2D eigenvalue weighted by Crippen LogP contribution is -2.48. The molecule has 1 aliphatic rings. The smallest absolute Gasteiger partial charge is 0.435 e. The summed E-state index contributed by atoms with van der Waals surface area (Å²) >= 11 is 6.23. The number of hydrogen-bond acceptors (Lipinski definition) is 4. The number of alkyl halides is 3. The lowest BCUT2D eigenvalue weighted by molar-refractivity contribution is -0.149. The van der Waals surface area contributed by atoms with Crippen LogP contribution in [0.1, 0.15) is 42.2 Å². The fourth-order valence-corrected chi connectivity index (χ4v) is 4.36. The van der Waals surface area contributed by atoms with Crippen LogP contribution >= 0.6 is 11.6 Å². The zero-order valence-electron chi connectivity index (χ0n) is 18.9. The van der Waals surface area contributed by atoms with Crippen LogP contribution in [0.4, 0.5) is 13.2 Å². The van der Waals surface area contributed by atoms with E-state index in [4.69, 9.17) is 16.3 Å². The van der Waals surface area contributed by atoms with E-state index in [0.29, 0.717) is 29.8 Å². The summed E-state index contributed by atoms with van der Waals surface area (Å²) in [4.78, 5) is 27.0. The number of hydrogen-bond donors (Lipinski definition) is 0. The highest BCUT2D eigenvalue weighted by molar-refractivity contribution is 6.32. The summed E-state index contributed by atoms with van der Waals surface area (Å²) in [6.45, 7) is 2.37. The maximum atomic E-state index is 13.4. The number of para-hydroxylation sites is 1. The first-order valence-electron chi connectivity index (χ1n) is 11.2. The Morgan fingerprint density at radius 2 is 1.83 bits per heavy atom. The van der Waals surface area contributed by atoms with Crippen molar-refractivity contribution >= 4 is 23.5 Å². The highest BCUT2D eigenvalue weighted by Gasteiger charge is 2.36. The Labute approximate surface area is 205 Å². The van der Waals surface area contributed by atoms with Crippen LogP contribution in [0.2, 0.25) is 5.02 Å². The molecule has 1 amide bonds. The monoisotopic (exact) mass is 505 g/mol. The van der Waals surface area contributed by atoms with E-state index in [1.165, 1.54) is 17.0 Å². The molecule has 0 radical (unpaired) electrons. The second-order valence-electron chi connectivity index (χ2n) is 8.12. The van der Waals surface area contributed by atoms with Crippen molar-refractivity contribution in [2.24, 2.45) is 0 Å². The van der Waals surface area contributed by atoms with E-state index in [1.54, 1.807) is 43.3 Å². The molecule has 0 saturated carbocycles. The van der Waals surface area contributed by atoms with E-state index < -0.39 is 23.9 Å². The third kappa shape index (κ3) is 5.19. The molecule has 184 valence electrons. The molecule has 1 aromatic heterocycles. The minimum Gasteiger partial charge on any atom is -0.464 e. The minimum absolute atomic E-state index is 0.173. The second kappa shape index (κ2) is 10.1. The summed E-state index contributed by atoms with van der Waals surface area (Å²) in [5.41, 5.74) is 0.158. The maximum absolute atomic E-state index is 13.4. The quantitative estimate of drug-likeness (QED) is 0.413. The van der Waals surface area contributed by atoms with E-state index in [0.717, 1.165) is 23.6 Å². The summed E-state index contributed by atoms with van der Waals surface area (Å²) in [6.07, 6.45) is -2.52. The number of ether oxygens (including phenoxy) is 1. The number of benzene rings is 2. The fourth-order valence-electron chi connectivity index (χ4n) is 4.14. The highest BCUT2D eigenvalue weighted by atomic mass is 35.5. The molecule has 10 heteroatoms. The van der Waals surface area contributed by atoms with Gasteiger partial charge < -0.3 is 9.64 Å². The lowest BCUT2D eigenvalue weighted by Gasteiger charge is -2.34. The molecule has 1 unspecified atom stereocenters. The van der Waals surface area contributed by atoms with Gasteiger partial charge in [0.2, 0.25) is 0 Å². The van der Waals surface area contributed by atoms with Crippen LogP contribution in [0.25, 0.3) is 16.9 Å². The predicted molar refractivity (Wildman–Crippen MR) is 124 cm³/mol. The van der Waals surface area contributed by atoms with Crippen LogP contribution in [0.3, 0.4) is 0 Å². The zero-order chi connectivity index (χ0) is 25.2. The summed E-state index contributed by atoms with van der Waals surface area (Å²) in [6, 6.07) is 12.9. The van der Waals surface area contributed by atoms with Gasteiger partial charge in [0, 0.05) is 17.7 Å². The average molecular weight is 506 g/mol. The van der Waals surface area contributed by atoms with E-state index in [1.807, 2.05) is 0 Å². The van der Waals surface area contributed by atoms with Crippen molar-refractivity contribution in [3.8, 4) is 16.9 Å². The summed E-state index contributed by atoms with van der Waals surface area (Å²) in [7, 11) is 0. The topological polar surface area (TPSA) is 64.4 Å². The molecule has 0 N–H and O–H groups in total. The van der Waals surface area contributed by atoms with Gasteiger partial charge in [0.25, 0.3) is 5.91 Å². The van der Waals surface area contributed by atoms with Crippen LogP contribution in [0, 0.1) is 0 Å². The number of aromatic nitrogens is 2. The van der Waals surface area contributed by atoms with Crippen LogP contribution in [0.5, 0.6) is 0 Å². The molecular formula is C25H23ClF3N3O3. The molecule has 2 heterocycles. The van der Waals surface area contributed by atoms with E-state index in [2.05, 4.69) is 5.10 Å². The van der Waals surface area contributed by atoms with Gasteiger partial charge in [-0.05, 0) is 56.5 Å². The SMILES string of the molecule is CCOC(=O)C1CCCCN1C(=O)c1ccc(-c2cc(C(F)(F)F)nn2-c2ccccc2Cl)cc1. The first kappa shape index (κ1) is 24.8. The molecule has 0 aliphatic carbocycles. The number of likely N-dealkylation sites (tertiary alicyclic amines) is 1. The Morgan fingerprint density at radius 1 is 1.11 bits per heavy atom. The first-order valence-corrected chi connectivity index (χ1v) is 11.6. The molecule has 6 nitrogen and oxygen atoms in total. The molecule has 4 rings (SSSR count). The first-order chi connectivity index (χ1) is 16.7. The third-order valence-corrected chi connectivity index (χ3v) is 6.15.